The minimum absolute atomic E-state index is 0.968. The van der Waals surface area contributed by atoms with Gasteiger partial charge < -0.3 is 9.88 Å². The first-order valence-electron chi connectivity index (χ1n) is 6.96. The highest BCUT2D eigenvalue weighted by atomic mass is 15.1. The van der Waals surface area contributed by atoms with Crippen molar-refractivity contribution in [1.82, 2.24) is 14.5 Å². The molecule has 0 aliphatic carbocycles. The zero-order chi connectivity index (χ0) is 13.5. The van der Waals surface area contributed by atoms with Crippen molar-refractivity contribution in [3.8, 4) is 11.4 Å². The number of rotatable bonds is 1. The standard InChI is InChI=1S/C16H16N4/c1-20-15-8-11-4-3-7-18-13(11)9-14(15)19-16(20)12-5-2-6-17-10-12/h2,5-6,8-10,18H,3-4,7H2,1H3. The zero-order valence-electron chi connectivity index (χ0n) is 11.4. The van der Waals surface area contributed by atoms with Crippen LogP contribution in [0.2, 0.25) is 0 Å². The van der Waals surface area contributed by atoms with E-state index in [0.717, 1.165) is 29.9 Å². The summed E-state index contributed by atoms with van der Waals surface area (Å²) in [4.78, 5) is 8.96. The van der Waals surface area contributed by atoms with E-state index >= 15 is 0 Å². The number of benzene rings is 1. The molecular formula is C16H16N4. The van der Waals surface area contributed by atoms with Gasteiger partial charge in [0.1, 0.15) is 5.82 Å². The average Bonchev–Trinajstić information content (AvgIpc) is 2.83. The van der Waals surface area contributed by atoms with E-state index < -0.39 is 0 Å². The Hall–Kier alpha value is -2.36. The third-order valence-electron chi connectivity index (χ3n) is 3.96. The van der Waals surface area contributed by atoms with Gasteiger partial charge in [-0.1, -0.05) is 0 Å². The van der Waals surface area contributed by atoms with Crippen LogP contribution in [-0.4, -0.2) is 21.1 Å². The number of fused-ring (bicyclic) bond motifs is 2. The van der Waals surface area contributed by atoms with Gasteiger partial charge in [0, 0.05) is 37.2 Å². The molecule has 0 saturated carbocycles. The van der Waals surface area contributed by atoms with Crippen LogP contribution in [0.25, 0.3) is 22.4 Å². The lowest BCUT2D eigenvalue weighted by atomic mass is 10.0. The van der Waals surface area contributed by atoms with E-state index in [0.29, 0.717) is 0 Å². The normalized spacial score (nSPS) is 14.1. The summed E-state index contributed by atoms with van der Waals surface area (Å²) in [6.07, 6.45) is 5.99. The molecule has 2 aromatic heterocycles. The van der Waals surface area contributed by atoms with Crippen LogP contribution in [-0.2, 0) is 13.5 Å². The Kier molecular flexibility index (Phi) is 2.49. The molecule has 0 radical (unpaired) electrons. The quantitative estimate of drug-likeness (QED) is 0.734. The second-order valence-corrected chi connectivity index (χ2v) is 5.26. The van der Waals surface area contributed by atoms with Crippen LogP contribution in [0.3, 0.4) is 0 Å². The van der Waals surface area contributed by atoms with Crippen LogP contribution in [0.5, 0.6) is 0 Å². The highest BCUT2D eigenvalue weighted by Gasteiger charge is 2.15. The van der Waals surface area contributed by atoms with Gasteiger partial charge in [-0.2, -0.15) is 0 Å². The van der Waals surface area contributed by atoms with Gasteiger partial charge in [-0.25, -0.2) is 4.98 Å². The minimum Gasteiger partial charge on any atom is -0.385 e. The molecule has 0 fully saturated rings. The Balaban J connectivity index is 1.94. The molecule has 0 unspecified atom stereocenters. The van der Waals surface area contributed by atoms with Crippen LogP contribution in [0.1, 0.15) is 12.0 Å². The van der Waals surface area contributed by atoms with Crippen molar-refractivity contribution in [2.24, 2.45) is 7.05 Å². The second kappa shape index (κ2) is 4.34. The molecule has 20 heavy (non-hydrogen) atoms. The molecule has 1 aliphatic rings. The van der Waals surface area contributed by atoms with Gasteiger partial charge in [0.25, 0.3) is 0 Å². The fraction of sp³-hybridized carbons (Fsp3) is 0.250. The van der Waals surface area contributed by atoms with E-state index in [1.165, 1.54) is 23.2 Å². The maximum Gasteiger partial charge on any atom is 0.142 e. The molecule has 4 heteroatoms. The maximum atomic E-state index is 4.77. The van der Waals surface area contributed by atoms with Crippen LogP contribution in [0.15, 0.2) is 36.7 Å². The molecule has 0 atom stereocenters. The molecule has 1 N–H and O–H groups in total. The van der Waals surface area contributed by atoms with Crippen LogP contribution >= 0.6 is 0 Å². The molecule has 3 heterocycles. The monoisotopic (exact) mass is 264 g/mol. The Morgan fingerprint density at radius 3 is 3.10 bits per heavy atom. The number of anilines is 1. The average molecular weight is 264 g/mol. The molecule has 0 spiro atoms. The summed E-state index contributed by atoms with van der Waals surface area (Å²) >= 11 is 0. The fourth-order valence-electron chi connectivity index (χ4n) is 2.91. The van der Waals surface area contributed by atoms with Crippen LogP contribution in [0.4, 0.5) is 5.69 Å². The SMILES string of the molecule is Cn1c(-c2cccnc2)nc2cc3c(cc21)CCCN3. The number of aromatic nitrogens is 3. The lowest BCUT2D eigenvalue weighted by Gasteiger charge is -2.17. The van der Waals surface area contributed by atoms with Crippen molar-refractivity contribution < 1.29 is 0 Å². The number of nitrogens with one attached hydrogen (secondary N) is 1. The van der Waals surface area contributed by atoms with Crippen molar-refractivity contribution in [2.45, 2.75) is 12.8 Å². The van der Waals surface area contributed by atoms with Crippen molar-refractivity contribution in [3.63, 3.8) is 0 Å². The summed E-state index contributed by atoms with van der Waals surface area (Å²) in [5.41, 5.74) is 5.91. The Morgan fingerprint density at radius 1 is 1.30 bits per heavy atom. The molecule has 0 amide bonds. The molecule has 0 bridgehead atoms. The second-order valence-electron chi connectivity index (χ2n) is 5.26. The van der Waals surface area contributed by atoms with Gasteiger partial charge in [0.15, 0.2) is 0 Å². The van der Waals surface area contributed by atoms with Gasteiger partial charge in [-0.05, 0) is 42.7 Å². The van der Waals surface area contributed by atoms with Gasteiger partial charge >= 0.3 is 0 Å². The first-order valence-corrected chi connectivity index (χ1v) is 6.96. The largest absolute Gasteiger partial charge is 0.385 e. The number of imidazole rings is 1. The van der Waals surface area contributed by atoms with Gasteiger partial charge in [-0.15, -0.1) is 0 Å². The summed E-state index contributed by atoms with van der Waals surface area (Å²) in [5, 5.41) is 3.46. The summed E-state index contributed by atoms with van der Waals surface area (Å²) in [7, 11) is 2.07. The number of hydrogen-bond donors (Lipinski definition) is 1. The Morgan fingerprint density at radius 2 is 2.25 bits per heavy atom. The van der Waals surface area contributed by atoms with E-state index in [1.54, 1.807) is 6.20 Å². The zero-order valence-corrected chi connectivity index (χ0v) is 11.4. The highest BCUT2D eigenvalue weighted by Crippen LogP contribution is 2.30. The van der Waals surface area contributed by atoms with E-state index in [9.17, 15) is 0 Å². The van der Waals surface area contributed by atoms with Crippen molar-refractivity contribution in [2.75, 3.05) is 11.9 Å². The number of aryl methyl sites for hydroxylation is 2. The molecule has 0 saturated heterocycles. The molecular weight excluding hydrogens is 248 g/mol. The molecule has 1 aromatic carbocycles. The van der Waals surface area contributed by atoms with E-state index in [2.05, 4.69) is 34.0 Å². The van der Waals surface area contributed by atoms with Crippen LogP contribution < -0.4 is 5.32 Å². The smallest absolute Gasteiger partial charge is 0.142 e. The first-order chi connectivity index (χ1) is 9.83. The fourth-order valence-corrected chi connectivity index (χ4v) is 2.91. The highest BCUT2D eigenvalue weighted by molar-refractivity contribution is 5.85. The third kappa shape index (κ3) is 1.68. The van der Waals surface area contributed by atoms with E-state index in [1.807, 2.05) is 18.3 Å². The predicted octanol–water partition coefficient (Wildman–Crippen LogP) is 2.99. The molecule has 4 nitrogen and oxygen atoms in total. The van der Waals surface area contributed by atoms with Crippen molar-refractivity contribution in [3.05, 3.63) is 42.2 Å². The lowest BCUT2D eigenvalue weighted by Crippen LogP contribution is -2.11. The number of nitrogens with zero attached hydrogens (tertiary/aromatic N) is 3. The summed E-state index contributed by atoms with van der Waals surface area (Å²) in [5.74, 6) is 0.968. The molecule has 3 aromatic rings. The lowest BCUT2D eigenvalue weighted by molar-refractivity contribution is 0.830. The van der Waals surface area contributed by atoms with Crippen LogP contribution in [0, 0.1) is 0 Å². The number of hydrogen-bond acceptors (Lipinski definition) is 3. The van der Waals surface area contributed by atoms with E-state index in [4.69, 9.17) is 4.98 Å². The molecule has 100 valence electrons. The molecule has 4 rings (SSSR count). The summed E-state index contributed by atoms with van der Waals surface area (Å²) < 4.78 is 2.15. The third-order valence-corrected chi connectivity index (χ3v) is 3.96. The Bertz CT molecular complexity index is 774. The van der Waals surface area contributed by atoms with E-state index in [-0.39, 0.29) is 0 Å². The predicted molar refractivity (Wildman–Crippen MR) is 80.8 cm³/mol. The van der Waals surface area contributed by atoms with Gasteiger partial charge in [-0.3, -0.25) is 4.98 Å². The van der Waals surface area contributed by atoms with Gasteiger partial charge in [0.2, 0.25) is 0 Å². The van der Waals surface area contributed by atoms with Gasteiger partial charge in [0.05, 0.1) is 11.0 Å². The summed E-state index contributed by atoms with van der Waals surface area (Å²) in [6.45, 7) is 1.06. The Labute approximate surface area is 117 Å². The number of pyridine rings is 1. The first kappa shape index (κ1) is 11.5. The topological polar surface area (TPSA) is 42.7 Å². The minimum atomic E-state index is 0.968. The molecule has 1 aliphatic heterocycles. The summed E-state index contributed by atoms with van der Waals surface area (Å²) in [6, 6.07) is 8.43. The van der Waals surface area contributed by atoms with Crippen molar-refractivity contribution in [1.29, 1.82) is 0 Å². The van der Waals surface area contributed by atoms with Crippen molar-refractivity contribution >= 4 is 16.7 Å². The maximum absolute atomic E-state index is 4.77.